The molecule has 5 heteroatoms. The third-order valence-corrected chi connectivity index (χ3v) is 3.19. The van der Waals surface area contributed by atoms with Crippen LogP contribution in [0.3, 0.4) is 0 Å². The topological polar surface area (TPSA) is 74.6 Å². The molecule has 0 saturated heterocycles. The Morgan fingerprint density at radius 3 is 2.07 bits per heavy atom. The predicted molar refractivity (Wildman–Crippen MR) is 52.4 cm³/mol. The second kappa shape index (κ2) is 4.08. The molecule has 0 bridgehead atoms. The first-order valence-corrected chi connectivity index (χ1v) is 5.62. The van der Waals surface area contributed by atoms with Gasteiger partial charge in [-0.2, -0.15) is 8.42 Å². The fraction of sp³-hybridized carbons (Fsp3) is 0.333. The zero-order valence-corrected chi connectivity index (χ0v) is 8.48. The van der Waals surface area contributed by atoms with Crippen LogP contribution >= 0.6 is 0 Å². The van der Waals surface area contributed by atoms with Crippen LogP contribution in [0.25, 0.3) is 0 Å². The van der Waals surface area contributed by atoms with Crippen molar-refractivity contribution in [1.29, 1.82) is 0 Å². The highest BCUT2D eigenvalue weighted by atomic mass is 32.2. The van der Waals surface area contributed by atoms with Crippen molar-refractivity contribution >= 4 is 10.1 Å². The molecular formula is C9H12O4S. The monoisotopic (exact) mass is 216 g/mol. The van der Waals surface area contributed by atoms with Gasteiger partial charge in [-0.3, -0.25) is 4.55 Å². The summed E-state index contributed by atoms with van der Waals surface area (Å²) in [6.45, 7) is 1.32. The normalized spacial score (nSPS) is 16.2. The molecule has 2 atom stereocenters. The maximum atomic E-state index is 11.0. The first-order chi connectivity index (χ1) is 6.43. The Balaban J connectivity index is 3.15. The second-order valence-electron chi connectivity index (χ2n) is 3.09. The molecule has 0 aromatic heterocycles. The molecule has 1 rings (SSSR count). The van der Waals surface area contributed by atoms with Gasteiger partial charge in [0.25, 0.3) is 10.1 Å². The molecule has 2 unspecified atom stereocenters. The third-order valence-electron chi connectivity index (χ3n) is 1.89. The highest BCUT2D eigenvalue weighted by Crippen LogP contribution is 2.24. The molecule has 78 valence electrons. The van der Waals surface area contributed by atoms with Gasteiger partial charge in [-0.25, -0.2) is 0 Å². The molecule has 0 spiro atoms. The molecule has 0 aliphatic heterocycles. The van der Waals surface area contributed by atoms with Crippen molar-refractivity contribution in [3.8, 4) is 0 Å². The van der Waals surface area contributed by atoms with Crippen LogP contribution in [0.4, 0.5) is 0 Å². The zero-order chi connectivity index (χ0) is 10.8. The summed E-state index contributed by atoms with van der Waals surface area (Å²) < 4.78 is 30.9. The first kappa shape index (κ1) is 11.2. The van der Waals surface area contributed by atoms with Gasteiger partial charge in [0.05, 0.1) is 6.10 Å². The number of hydrogen-bond donors (Lipinski definition) is 2. The van der Waals surface area contributed by atoms with Gasteiger partial charge in [-0.15, -0.1) is 0 Å². The van der Waals surface area contributed by atoms with Crippen molar-refractivity contribution in [3.63, 3.8) is 0 Å². The van der Waals surface area contributed by atoms with Crippen LogP contribution in [0.2, 0.25) is 0 Å². The molecule has 1 aromatic carbocycles. The lowest BCUT2D eigenvalue weighted by Gasteiger charge is -2.16. The van der Waals surface area contributed by atoms with Crippen LogP contribution in [0.5, 0.6) is 0 Å². The Kier molecular flexibility index (Phi) is 3.25. The predicted octanol–water partition coefficient (Wildman–Crippen LogP) is 0.996. The molecule has 0 saturated carbocycles. The smallest absolute Gasteiger partial charge is 0.274 e. The zero-order valence-electron chi connectivity index (χ0n) is 7.66. The van der Waals surface area contributed by atoms with Crippen LogP contribution in [-0.2, 0) is 10.1 Å². The average Bonchev–Trinajstić information content (AvgIpc) is 2.02. The van der Waals surface area contributed by atoms with E-state index < -0.39 is 21.5 Å². The summed E-state index contributed by atoms with van der Waals surface area (Å²) >= 11 is 0. The van der Waals surface area contributed by atoms with Gasteiger partial charge in [0.1, 0.15) is 5.25 Å². The quantitative estimate of drug-likeness (QED) is 0.739. The standard InChI is InChI=1S/C9H12O4S/c1-7(10)9(14(11,12)13)8-5-3-2-4-6-8/h2-7,9-10H,1H3,(H,11,12,13). The number of rotatable bonds is 3. The van der Waals surface area contributed by atoms with Crippen LogP contribution in [0.1, 0.15) is 17.7 Å². The van der Waals surface area contributed by atoms with Gasteiger partial charge in [-0.05, 0) is 12.5 Å². The maximum Gasteiger partial charge on any atom is 0.274 e. The van der Waals surface area contributed by atoms with E-state index in [0.29, 0.717) is 5.56 Å². The molecule has 4 nitrogen and oxygen atoms in total. The number of benzene rings is 1. The Morgan fingerprint density at radius 1 is 1.21 bits per heavy atom. The Morgan fingerprint density at radius 2 is 1.71 bits per heavy atom. The van der Waals surface area contributed by atoms with Crippen LogP contribution in [-0.4, -0.2) is 24.2 Å². The summed E-state index contributed by atoms with van der Waals surface area (Å²) in [5.74, 6) is 0. The molecule has 0 fully saturated rings. The van der Waals surface area contributed by atoms with Crippen molar-refractivity contribution in [2.24, 2.45) is 0 Å². The molecule has 0 aliphatic rings. The van der Waals surface area contributed by atoms with Crippen molar-refractivity contribution < 1.29 is 18.1 Å². The lowest BCUT2D eigenvalue weighted by molar-refractivity contribution is 0.184. The summed E-state index contributed by atoms with van der Waals surface area (Å²) in [6.07, 6.45) is -1.15. The van der Waals surface area contributed by atoms with Gasteiger partial charge in [0.15, 0.2) is 0 Å². The SMILES string of the molecule is CC(O)C(c1ccccc1)S(=O)(=O)O. The van der Waals surface area contributed by atoms with E-state index in [2.05, 4.69) is 0 Å². The molecule has 0 amide bonds. The third kappa shape index (κ3) is 2.54. The van der Waals surface area contributed by atoms with Crippen LogP contribution < -0.4 is 0 Å². The summed E-state index contributed by atoms with van der Waals surface area (Å²) in [5.41, 5.74) is 0.380. The van der Waals surface area contributed by atoms with E-state index in [-0.39, 0.29) is 0 Å². The van der Waals surface area contributed by atoms with E-state index in [4.69, 9.17) is 4.55 Å². The lowest BCUT2D eigenvalue weighted by atomic mass is 10.1. The number of aliphatic hydroxyl groups excluding tert-OH is 1. The van der Waals surface area contributed by atoms with E-state index in [1.54, 1.807) is 30.3 Å². The molecule has 0 aliphatic carbocycles. The first-order valence-electron chi connectivity index (χ1n) is 4.12. The minimum Gasteiger partial charge on any atom is -0.392 e. The van der Waals surface area contributed by atoms with Crippen molar-refractivity contribution in [2.75, 3.05) is 0 Å². The minimum atomic E-state index is -4.27. The fourth-order valence-electron chi connectivity index (χ4n) is 1.34. The van der Waals surface area contributed by atoms with Crippen molar-refractivity contribution in [1.82, 2.24) is 0 Å². The highest BCUT2D eigenvalue weighted by molar-refractivity contribution is 7.86. The minimum absolute atomic E-state index is 0.380. The van der Waals surface area contributed by atoms with Crippen LogP contribution in [0, 0.1) is 0 Å². The Bertz CT molecular complexity index is 383. The van der Waals surface area contributed by atoms with E-state index >= 15 is 0 Å². The van der Waals surface area contributed by atoms with Gasteiger partial charge in [-0.1, -0.05) is 30.3 Å². The van der Waals surface area contributed by atoms with E-state index in [1.165, 1.54) is 6.92 Å². The summed E-state index contributed by atoms with van der Waals surface area (Å²) in [4.78, 5) is 0. The Hall–Kier alpha value is -0.910. The van der Waals surface area contributed by atoms with Crippen molar-refractivity contribution in [3.05, 3.63) is 35.9 Å². The molecule has 14 heavy (non-hydrogen) atoms. The van der Waals surface area contributed by atoms with Gasteiger partial charge in [0.2, 0.25) is 0 Å². The van der Waals surface area contributed by atoms with Gasteiger partial charge in [0, 0.05) is 0 Å². The molecular weight excluding hydrogens is 204 g/mol. The number of hydrogen-bond acceptors (Lipinski definition) is 3. The average molecular weight is 216 g/mol. The molecule has 2 N–H and O–H groups in total. The largest absolute Gasteiger partial charge is 0.392 e. The summed E-state index contributed by atoms with van der Waals surface area (Å²) in [5, 5.41) is 7.99. The van der Waals surface area contributed by atoms with E-state index in [9.17, 15) is 13.5 Å². The van der Waals surface area contributed by atoms with Gasteiger partial charge < -0.3 is 5.11 Å². The van der Waals surface area contributed by atoms with Gasteiger partial charge >= 0.3 is 0 Å². The molecule has 0 heterocycles. The second-order valence-corrected chi connectivity index (χ2v) is 4.62. The highest BCUT2D eigenvalue weighted by Gasteiger charge is 2.29. The number of aliphatic hydroxyl groups is 1. The van der Waals surface area contributed by atoms with Crippen LogP contribution in [0.15, 0.2) is 30.3 Å². The Labute approximate surface area is 82.9 Å². The maximum absolute atomic E-state index is 11.0. The summed E-state index contributed by atoms with van der Waals surface area (Å²) in [6, 6.07) is 8.12. The summed E-state index contributed by atoms with van der Waals surface area (Å²) in [7, 11) is -4.27. The fourth-order valence-corrected chi connectivity index (χ4v) is 2.34. The van der Waals surface area contributed by atoms with Crippen molar-refractivity contribution in [2.45, 2.75) is 18.3 Å². The van der Waals surface area contributed by atoms with E-state index in [0.717, 1.165) is 0 Å². The molecule has 0 radical (unpaired) electrons. The van der Waals surface area contributed by atoms with E-state index in [1.807, 2.05) is 0 Å². The lowest BCUT2D eigenvalue weighted by Crippen LogP contribution is -2.23. The molecule has 1 aromatic rings.